The normalized spacial score (nSPS) is 12.4. The Morgan fingerprint density at radius 3 is 1.76 bits per heavy atom. The maximum Gasteiger partial charge on any atom is 0.186 e. The number of unbranched alkanes of at least 4 members (excludes halogenated alkanes) is 2. The quantitative estimate of drug-likeness (QED) is 0.517. The van der Waals surface area contributed by atoms with E-state index in [0.29, 0.717) is 0 Å². The summed E-state index contributed by atoms with van der Waals surface area (Å²) < 4.78 is 5.60. The molecule has 3 heteroatoms. The molecule has 0 bridgehead atoms. The van der Waals surface area contributed by atoms with Crippen molar-refractivity contribution in [3.8, 4) is 0 Å². The molecule has 104 valence electrons. The van der Waals surface area contributed by atoms with E-state index in [1.165, 1.54) is 57.8 Å². The molecule has 0 atom stereocenters. The average Bonchev–Trinajstić information content (AvgIpc) is 2.31. The van der Waals surface area contributed by atoms with E-state index in [1.807, 2.05) is 7.11 Å². The second kappa shape index (κ2) is 10.1. The van der Waals surface area contributed by atoms with Gasteiger partial charge in [-0.3, -0.25) is 0 Å². The largest absolute Gasteiger partial charge is 0.420 e. The van der Waals surface area contributed by atoms with Crippen LogP contribution in [0.2, 0.25) is 19.1 Å². The van der Waals surface area contributed by atoms with Crippen LogP contribution in [-0.4, -0.2) is 40.0 Å². The van der Waals surface area contributed by atoms with E-state index < -0.39 is 8.32 Å². The smallest absolute Gasteiger partial charge is 0.186 e. The van der Waals surface area contributed by atoms with E-state index in [4.69, 9.17) is 4.43 Å². The minimum Gasteiger partial charge on any atom is -0.420 e. The Balaban J connectivity index is 3.81. The van der Waals surface area contributed by atoms with Crippen molar-refractivity contribution in [2.45, 2.75) is 65.1 Å². The number of rotatable bonds is 11. The molecule has 0 amide bonds. The monoisotopic (exact) mass is 259 g/mol. The fourth-order valence-corrected chi connectivity index (χ4v) is 3.14. The standard InChI is InChI=1S/C14H33NOSi/c1-6-8-11-15(12-9-7-2)13-10-14-17(4,5)16-3/h6-14H2,1-5H3. The molecule has 0 N–H and O–H groups in total. The molecule has 0 saturated carbocycles. The Labute approximate surface area is 110 Å². The van der Waals surface area contributed by atoms with Crippen molar-refractivity contribution in [2.24, 2.45) is 0 Å². The molecule has 17 heavy (non-hydrogen) atoms. The lowest BCUT2D eigenvalue weighted by Crippen LogP contribution is -2.32. The van der Waals surface area contributed by atoms with Crippen molar-refractivity contribution in [2.75, 3.05) is 26.7 Å². The van der Waals surface area contributed by atoms with Crippen LogP contribution in [0.25, 0.3) is 0 Å². The van der Waals surface area contributed by atoms with E-state index in [9.17, 15) is 0 Å². The number of nitrogens with zero attached hydrogens (tertiary/aromatic N) is 1. The average molecular weight is 260 g/mol. The van der Waals surface area contributed by atoms with E-state index >= 15 is 0 Å². The Kier molecular flexibility index (Phi) is 10.2. The minimum absolute atomic E-state index is 1.26. The van der Waals surface area contributed by atoms with Crippen LogP contribution in [0, 0.1) is 0 Å². The predicted molar refractivity (Wildman–Crippen MR) is 80.2 cm³/mol. The van der Waals surface area contributed by atoms with E-state index in [0.717, 1.165) is 0 Å². The fraction of sp³-hybridized carbons (Fsp3) is 1.00. The molecule has 0 rings (SSSR count). The molecule has 0 aromatic rings. The summed E-state index contributed by atoms with van der Waals surface area (Å²) >= 11 is 0. The highest BCUT2D eigenvalue weighted by molar-refractivity contribution is 6.71. The van der Waals surface area contributed by atoms with Gasteiger partial charge in [0.05, 0.1) is 0 Å². The van der Waals surface area contributed by atoms with Crippen LogP contribution < -0.4 is 0 Å². The zero-order valence-corrected chi connectivity index (χ0v) is 13.7. The number of hydrogen-bond donors (Lipinski definition) is 0. The van der Waals surface area contributed by atoms with Gasteiger partial charge in [0.1, 0.15) is 0 Å². The highest BCUT2D eigenvalue weighted by Gasteiger charge is 2.20. The molecular weight excluding hydrogens is 226 g/mol. The van der Waals surface area contributed by atoms with E-state index in [2.05, 4.69) is 31.8 Å². The van der Waals surface area contributed by atoms with Crippen LogP contribution in [0.5, 0.6) is 0 Å². The van der Waals surface area contributed by atoms with Crippen molar-refractivity contribution in [1.29, 1.82) is 0 Å². The Bertz CT molecular complexity index is 166. The molecule has 0 heterocycles. The molecule has 0 spiro atoms. The third-order valence-corrected chi connectivity index (χ3v) is 6.12. The molecule has 0 saturated heterocycles. The third-order valence-electron chi connectivity index (χ3n) is 3.46. The zero-order chi connectivity index (χ0) is 13.1. The summed E-state index contributed by atoms with van der Waals surface area (Å²) in [7, 11) is 0.540. The second-order valence-electron chi connectivity index (χ2n) is 5.62. The van der Waals surface area contributed by atoms with Crippen molar-refractivity contribution in [3.63, 3.8) is 0 Å². The molecule has 0 unspecified atom stereocenters. The van der Waals surface area contributed by atoms with Gasteiger partial charge < -0.3 is 9.33 Å². The lowest BCUT2D eigenvalue weighted by Gasteiger charge is -2.25. The van der Waals surface area contributed by atoms with Gasteiger partial charge in [0, 0.05) is 7.11 Å². The van der Waals surface area contributed by atoms with Crippen LogP contribution >= 0.6 is 0 Å². The molecule has 0 aromatic carbocycles. The molecule has 0 aliphatic heterocycles. The Hall–Kier alpha value is 0.137. The minimum atomic E-state index is -1.33. The maximum atomic E-state index is 5.60. The first-order valence-corrected chi connectivity index (χ1v) is 10.4. The predicted octanol–water partition coefficient (Wildman–Crippen LogP) is 4.13. The lowest BCUT2D eigenvalue weighted by molar-refractivity contribution is 0.263. The molecule has 0 radical (unpaired) electrons. The van der Waals surface area contributed by atoms with Gasteiger partial charge in [-0.05, 0) is 58.0 Å². The zero-order valence-electron chi connectivity index (χ0n) is 12.7. The summed E-state index contributed by atoms with van der Waals surface area (Å²) in [6.45, 7) is 13.0. The molecule has 0 aliphatic rings. The summed E-state index contributed by atoms with van der Waals surface area (Å²) in [6.07, 6.45) is 6.60. The third kappa shape index (κ3) is 9.80. The van der Waals surface area contributed by atoms with Gasteiger partial charge in [0.25, 0.3) is 0 Å². The highest BCUT2D eigenvalue weighted by atomic mass is 28.4. The summed E-state index contributed by atoms with van der Waals surface area (Å²) in [5.74, 6) is 0. The topological polar surface area (TPSA) is 12.5 Å². The van der Waals surface area contributed by atoms with Gasteiger partial charge in [-0.15, -0.1) is 0 Å². The summed E-state index contributed by atoms with van der Waals surface area (Å²) in [6, 6.07) is 1.29. The number of hydrogen-bond acceptors (Lipinski definition) is 2. The van der Waals surface area contributed by atoms with E-state index in [1.54, 1.807) is 0 Å². The molecular formula is C14H33NOSi. The SMILES string of the molecule is CCCCN(CCCC)CCC[Si](C)(C)OC. The maximum absolute atomic E-state index is 5.60. The van der Waals surface area contributed by atoms with E-state index in [-0.39, 0.29) is 0 Å². The van der Waals surface area contributed by atoms with Gasteiger partial charge in [-0.1, -0.05) is 26.7 Å². The van der Waals surface area contributed by atoms with Crippen LogP contribution in [0.4, 0.5) is 0 Å². The van der Waals surface area contributed by atoms with Crippen LogP contribution in [0.1, 0.15) is 46.0 Å². The van der Waals surface area contributed by atoms with Crippen LogP contribution in [-0.2, 0) is 4.43 Å². The van der Waals surface area contributed by atoms with Crippen LogP contribution in [0.15, 0.2) is 0 Å². The summed E-state index contributed by atoms with van der Waals surface area (Å²) in [5, 5.41) is 0. The van der Waals surface area contributed by atoms with Crippen molar-refractivity contribution >= 4 is 8.32 Å². The molecule has 0 aromatic heterocycles. The molecule has 2 nitrogen and oxygen atoms in total. The lowest BCUT2D eigenvalue weighted by atomic mass is 10.2. The van der Waals surface area contributed by atoms with Crippen molar-refractivity contribution < 1.29 is 4.43 Å². The van der Waals surface area contributed by atoms with Gasteiger partial charge in [-0.25, -0.2) is 0 Å². The fourth-order valence-electron chi connectivity index (χ4n) is 1.93. The van der Waals surface area contributed by atoms with Gasteiger partial charge in [0.15, 0.2) is 8.32 Å². The second-order valence-corrected chi connectivity index (χ2v) is 10.0. The first-order chi connectivity index (χ1) is 8.05. The first kappa shape index (κ1) is 17.1. The Morgan fingerprint density at radius 1 is 0.882 bits per heavy atom. The van der Waals surface area contributed by atoms with Crippen LogP contribution in [0.3, 0.4) is 0 Å². The summed E-state index contributed by atoms with van der Waals surface area (Å²) in [4.78, 5) is 2.65. The van der Waals surface area contributed by atoms with Gasteiger partial charge >= 0.3 is 0 Å². The van der Waals surface area contributed by atoms with Gasteiger partial charge in [-0.2, -0.15) is 0 Å². The highest BCUT2D eigenvalue weighted by Crippen LogP contribution is 2.13. The summed E-state index contributed by atoms with van der Waals surface area (Å²) in [5.41, 5.74) is 0. The molecule has 0 aliphatic carbocycles. The van der Waals surface area contributed by atoms with Crippen molar-refractivity contribution in [1.82, 2.24) is 4.90 Å². The molecule has 0 fully saturated rings. The first-order valence-electron chi connectivity index (χ1n) is 7.33. The Morgan fingerprint density at radius 2 is 1.35 bits per heavy atom. The van der Waals surface area contributed by atoms with Gasteiger partial charge in [0.2, 0.25) is 0 Å². The van der Waals surface area contributed by atoms with Crippen molar-refractivity contribution in [3.05, 3.63) is 0 Å².